The van der Waals surface area contributed by atoms with E-state index in [1.165, 1.54) is 0 Å². The highest BCUT2D eigenvalue weighted by Crippen LogP contribution is 2.18. The smallest absolute Gasteiger partial charge is 0.224 e. The van der Waals surface area contributed by atoms with Gasteiger partial charge in [-0.15, -0.1) is 24.8 Å². The quantitative estimate of drug-likeness (QED) is 0.747. The summed E-state index contributed by atoms with van der Waals surface area (Å²) in [5, 5.41) is 2.94. The second kappa shape index (κ2) is 11.0. The summed E-state index contributed by atoms with van der Waals surface area (Å²) in [6, 6.07) is 9.44. The van der Waals surface area contributed by atoms with Gasteiger partial charge in [-0.2, -0.15) is 0 Å². The van der Waals surface area contributed by atoms with Crippen LogP contribution in [0.3, 0.4) is 0 Å². The van der Waals surface area contributed by atoms with Gasteiger partial charge in [0.2, 0.25) is 5.91 Å². The number of benzene rings is 1. The van der Waals surface area contributed by atoms with Gasteiger partial charge in [-0.25, -0.2) is 4.98 Å². The first kappa shape index (κ1) is 21.4. The first-order valence-corrected chi connectivity index (χ1v) is 7.22. The van der Waals surface area contributed by atoms with Gasteiger partial charge in [0.05, 0.1) is 12.2 Å². The number of imidazole rings is 1. The van der Waals surface area contributed by atoms with Gasteiger partial charge in [0, 0.05) is 31.5 Å². The van der Waals surface area contributed by atoms with Crippen molar-refractivity contribution in [1.82, 2.24) is 14.9 Å². The third kappa shape index (κ3) is 6.60. The molecule has 0 aliphatic heterocycles. The first-order valence-electron chi connectivity index (χ1n) is 7.22. The maximum atomic E-state index is 12.1. The summed E-state index contributed by atoms with van der Waals surface area (Å²) >= 11 is 0. The summed E-state index contributed by atoms with van der Waals surface area (Å²) in [4.78, 5) is 16.1. The molecule has 1 aromatic heterocycles. The fourth-order valence-corrected chi connectivity index (χ4v) is 2.18. The molecule has 0 bridgehead atoms. The van der Waals surface area contributed by atoms with Crippen LogP contribution in [0.2, 0.25) is 0 Å². The Hall–Kier alpha value is -1.56. The highest BCUT2D eigenvalue weighted by Gasteiger charge is 2.21. The highest BCUT2D eigenvalue weighted by molar-refractivity contribution is 5.85. The third-order valence-electron chi connectivity index (χ3n) is 3.59. The van der Waals surface area contributed by atoms with Gasteiger partial charge in [0.1, 0.15) is 0 Å². The predicted molar refractivity (Wildman–Crippen MR) is 96.9 cm³/mol. The molecule has 2 atom stereocenters. The lowest BCUT2D eigenvalue weighted by atomic mass is 9.95. The molecule has 0 saturated carbocycles. The molecule has 1 aromatic carbocycles. The molecule has 0 aliphatic rings. The lowest BCUT2D eigenvalue weighted by Gasteiger charge is -2.19. The molecular weight excluding hydrogens is 335 g/mol. The Bertz CT molecular complexity index is 548. The molecule has 2 aromatic rings. The topological polar surface area (TPSA) is 72.9 Å². The van der Waals surface area contributed by atoms with Crippen LogP contribution in [0.4, 0.5) is 0 Å². The SMILES string of the molecule is CC(C(=O)NCCCn1ccnc1)C(N)c1ccccc1.Cl.Cl. The van der Waals surface area contributed by atoms with Crippen LogP contribution in [0.5, 0.6) is 0 Å². The van der Waals surface area contributed by atoms with Crippen LogP contribution in [0.1, 0.15) is 24.9 Å². The minimum atomic E-state index is -0.278. The van der Waals surface area contributed by atoms with E-state index in [9.17, 15) is 4.79 Å². The van der Waals surface area contributed by atoms with E-state index in [4.69, 9.17) is 5.73 Å². The number of nitrogens with one attached hydrogen (secondary N) is 1. The monoisotopic (exact) mass is 358 g/mol. The molecule has 3 N–H and O–H groups in total. The van der Waals surface area contributed by atoms with Crippen molar-refractivity contribution in [3.8, 4) is 0 Å². The second-order valence-electron chi connectivity index (χ2n) is 5.17. The largest absolute Gasteiger partial charge is 0.356 e. The van der Waals surface area contributed by atoms with Crippen LogP contribution in [0, 0.1) is 5.92 Å². The van der Waals surface area contributed by atoms with Crippen LogP contribution in [0.25, 0.3) is 0 Å². The maximum absolute atomic E-state index is 12.1. The number of hydrogen-bond donors (Lipinski definition) is 2. The van der Waals surface area contributed by atoms with Crippen LogP contribution in [-0.4, -0.2) is 22.0 Å². The molecule has 0 saturated heterocycles. The van der Waals surface area contributed by atoms with Crippen molar-refractivity contribution in [2.45, 2.75) is 25.9 Å². The standard InChI is InChI=1S/C16H22N4O.2ClH/c1-13(15(17)14-6-3-2-4-7-14)16(21)19-8-5-10-20-11-9-18-12-20;;/h2-4,6-7,9,11-13,15H,5,8,10,17H2,1H3,(H,19,21);2*1H. The Kier molecular flexibility index (Phi) is 10.3. The van der Waals surface area contributed by atoms with E-state index in [1.54, 1.807) is 12.5 Å². The fourth-order valence-electron chi connectivity index (χ4n) is 2.18. The van der Waals surface area contributed by atoms with Crippen molar-refractivity contribution in [2.24, 2.45) is 11.7 Å². The van der Waals surface area contributed by atoms with Gasteiger partial charge in [0.15, 0.2) is 0 Å². The Balaban J connectivity index is 0.00000242. The molecular formula is C16H24Cl2N4O. The van der Waals surface area contributed by atoms with Gasteiger partial charge >= 0.3 is 0 Å². The Morgan fingerprint density at radius 2 is 2.00 bits per heavy atom. The van der Waals surface area contributed by atoms with Gasteiger partial charge in [-0.3, -0.25) is 4.79 Å². The number of halogens is 2. The van der Waals surface area contributed by atoms with Crippen molar-refractivity contribution in [2.75, 3.05) is 6.54 Å². The average molecular weight is 359 g/mol. The summed E-state index contributed by atoms with van der Waals surface area (Å²) in [6.07, 6.45) is 6.31. The van der Waals surface area contributed by atoms with Crippen LogP contribution >= 0.6 is 24.8 Å². The van der Waals surface area contributed by atoms with Crippen molar-refractivity contribution in [1.29, 1.82) is 0 Å². The molecule has 7 heteroatoms. The maximum Gasteiger partial charge on any atom is 0.224 e. The van der Waals surface area contributed by atoms with E-state index >= 15 is 0 Å². The molecule has 0 spiro atoms. The number of carbonyl (C=O) groups excluding carboxylic acids is 1. The van der Waals surface area contributed by atoms with E-state index in [0.29, 0.717) is 6.54 Å². The van der Waals surface area contributed by atoms with E-state index in [1.807, 2.05) is 48.0 Å². The number of nitrogens with zero attached hydrogens (tertiary/aromatic N) is 2. The zero-order valence-electron chi connectivity index (χ0n) is 13.1. The summed E-state index contributed by atoms with van der Waals surface area (Å²) in [5.41, 5.74) is 7.13. The van der Waals surface area contributed by atoms with Crippen LogP contribution in [-0.2, 0) is 11.3 Å². The van der Waals surface area contributed by atoms with E-state index in [0.717, 1.165) is 18.5 Å². The normalized spacial score (nSPS) is 12.4. The van der Waals surface area contributed by atoms with Crippen molar-refractivity contribution in [3.63, 3.8) is 0 Å². The van der Waals surface area contributed by atoms with Crippen LogP contribution in [0.15, 0.2) is 49.1 Å². The molecule has 1 amide bonds. The lowest BCUT2D eigenvalue weighted by molar-refractivity contribution is -0.125. The van der Waals surface area contributed by atoms with Crippen molar-refractivity contribution in [3.05, 3.63) is 54.6 Å². The summed E-state index contributed by atoms with van der Waals surface area (Å²) in [7, 11) is 0. The Morgan fingerprint density at radius 1 is 1.30 bits per heavy atom. The number of hydrogen-bond acceptors (Lipinski definition) is 3. The molecule has 0 aliphatic carbocycles. The molecule has 23 heavy (non-hydrogen) atoms. The number of nitrogens with two attached hydrogens (primary N) is 1. The lowest BCUT2D eigenvalue weighted by Crippen LogP contribution is -2.36. The Morgan fingerprint density at radius 3 is 2.61 bits per heavy atom. The van der Waals surface area contributed by atoms with Crippen molar-refractivity contribution < 1.29 is 4.79 Å². The predicted octanol–water partition coefficient (Wildman–Crippen LogP) is 2.57. The summed E-state index contributed by atoms with van der Waals surface area (Å²) in [6.45, 7) is 3.35. The Labute approximate surface area is 149 Å². The fraction of sp³-hybridized carbons (Fsp3) is 0.375. The molecule has 0 radical (unpaired) electrons. The summed E-state index contributed by atoms with van der Waals surface area (Å²) < 4.78 is 1.99. The van der Waals surface area contributed by atoms with Gasteiger partial charge in [-0.1, -0.05) is 37.3 Å². The van der Waals surface area contributed by atoms with E-state index in [2.05, 4.69) is 10.3 Å². The van der Waals surface area contributed by atoms with E-state index < -0.39 is 0 Å². The van der Waals surface area contributed by atoms with E-state index in [-0.39, 0.29) is 42.7 Å². The van der Waals surface area contributed by atoms with Gasteiger partial charge in [-0.05, 0) is 12.0 Å². The molecule has 1 heterocycles. The minimum Gasteiger partial charge on any atom is -0.356 e. The van der Waals surface area contributed by atoms with Crippen molar-refractivity contribution >= 4 is 30.7 Å². The number of aromatic nitrogens is 2. The zero-order valence-corrected chi connectivity index (χ0v) is 14.7. The molecule has 2 unspecified atom stereocenters. The number of carbonyl (C=O) groups is 1. The van der Waals surface area contributed by atoms with Gasteiger partial charge < -0.3 is 15.6 Å². The third-order valence-corrected chi connectivity index (χ3v) is 3.59. The second-order valence-corrected chi connectivity index (χ2v) is 5.17. The number of rotatable bonds is 7. The number of aryl methyl sites for hydroxylation is 1. The minimum absolute atomic E-state index is 0. The van der Waals surface area contributed by atoms with Crippen LogP contribution < -0.4 is 11.1 Å². The average Bonchev–Trinajstić information content (AvgIpc) is 3.04. The molecule has 2 rings (SSSR count). The summed E-state index contributed by atoms with van der Waals surface area (Å²) in [5.74, 6) is -0.252. The number of amides is 1. The molecule has 5 nitrogen and oxygen atoms in total. The van der Waals surface area contributed by atoms with Gasteiger partial charge in [0.25, 0.3) is 0 Å². The highest BCUT2D eigenvalue weighted by atomic mass is 35.5. The first-order chi connectivity index (χ1) is 10.2. The molecule has 0 fully saturated rings. The molecule has 128 valence electrons. The zero-order chi connectivity index (χ0) is 15.1.